The van der Waals surface area contributed by atoms with Crippen LogP contribution in [0.3, 0.4) is 0 Å². The Labute approximate surface area is 316 Å². The van der Waals surface area contributed by atoms with Crippen molar-refractivity contribution in [1.82, 2.24) is 9.80 Å². The summed E-state index contributed by atoms with van der Waals surface area (Å²) in [7, 11) is 1.96. The molecule has 5 aliphatic rings. The summed E-state index contributed by atoms with van der Waals surface area (Å²) >= 11 is 20.5. The molecule has 51 heavy (non-hydrogen) atoms. The number of allylic oxidation sites excluding steroid dienone is 1. The summed E-state index contributed by atoms with van der Waals surface area (Å²) in [5.74, 6) is -0.691. The van der Waals surface area contributed by atoms with Crippen molar-refractivity contribution < 1.29 is 9.59 Å². The lowest BCUT2D eigenvalue weighted by Gasteiger charge is -2.42. The number of carbonyl (C=O) groups is 2. The van der Waals surface area contributed by atoms with Gasteiger partial charge in [-0.3, -0.25) is 19.4 Å². The van der Waals surface area contributed by atoms with Crippen molar-refractivity contribution in [3.05, 3.63) is 151 Å². The molecular formula is C41H33Cl3N4O2S. The first kappa shape index (κ1) is 33.0. The van der Waals surface area contributed by atoms with Gasteiger partial charge in [-0.05, 0) is 109 Å². The fourth-order valence-corrected chi connectivity index (χ4v) is 11.1. The van der Waals surface area contributed by atoms with E-state index >= 15 is 4.79 Å². The lowest BCUT2D eigenvalue weighted by Crippen LogP contribution is -2.62. The normalized spacial score (nSPS) is 27.9. The zero-order chi connectivity index (χ0) is 35.1. The van der Waals surface area contributed by atoms with Crippen LogP contribution in [0, 0.1) is 0 Å². The molecule has 4 aromatic rings. The highest BCUT2D eigenvalue weighted by Gasteiger charge is 2.78. The Balaban J connectivity index is 1.30. The number of hydrogen-bond acceptors (Lipinski definition) is 5. The molecule has 2 fully saturated rings. The predicted octanol–water partition coefficient (Wildman–Crippen LogP) is 9.86. The Morgan fingerprint density at radius 2 is 1.45 bits per heavy atom. The molecule has 4 atom stereocenters. The number of fused-ring (bicyclic) bond motifs is 4. The third-order valence-electron chi connectivity index (χ3n) is 11.2. The fraction of sp³-hybridized carbons (Fsp3) is 0.244. The van der Waals surface area contributed by atoms with Gasteiger partial charge in [0, 0.05) is 38.8 Å². The van der Waals surface area contributed by atoms with E-state index in [2.05, 4.69) is 16.3 Å². The maximum Gasteiger partial charge on any atom is 0.251 e. The lowest BCUT2D eigenvalue weighted by atomic mass is 9.71. The molecule has 4 aliphatic heterocycles. The number of rotatable bonds is 3. The molecule has 4 heterocycles. The number of thioether (sulfide) groups is 1. The molecule has 2 saturated heterocycles. The predicted molar refractivity (Wildman–Crippen MR) is 207 cm³/mol. The number of benzene rings is 4. The van der Waals surface area contributed by atoms with Gasteiger partial charge in [-0.2, -0.15) is 0 Å². The second-order valence-electron chi connectivity index (χ2n) is 13.9. The van der Waals surface area contributed by atoms with E-state index in [4.69, 9.17) is 39.8 Å². The first-order valence-electron chi connectivity index (χ1n) is 17.2. The number of para-hydroxylation sites is 1. The summed E-state index contributed by atoms with van der Waals surface area (Å²) in [4.78, 5) is 40.2. The maximum atomic E-state index is 16.0. The summed E-state index contributed by atoms with van der Waals surface area (Å²) in [6.07, 6.45) is 5.80. The SMILES string of the molecule is CN1CC(c2ccc(Cl)cc2)C2(SC3=NC4=C(CCCC/C4=C\c4ccc(Cl)cc4)C(c4ccc(Cl)cc4)N3C2=O)C12C(=O)Nc1ccccc12. The molecule has 256 valence electrons. The van der Waals surface area contributed by atoms with Gasteiger partial charge in [0.2, 0.25) is 5.91 Å². The number of amides is 2. The van der Waals surface area contributed by atoms with Gasteiger partial charge < -0.3 is 5.32 Å². The van der Waals surface area contributed by atoms with Crippen LogP contribution >= 0.6 is 46.6 Å². The number of aliphatic imine (C=N–C) groups is 1. The molecule has 4 aromatic carbocycles. The Morgan fingerprint density at radius 1 is 0.824 bits per heavy atom. The highest BCUT2D eigenvalue weighted by atomic mass is 35.5. The Hall–Kier alpha value is -3.85. The second-order valence-corrected chi connectivity index (χ2v) is 16.4. The van der Waals surface area contributed by atoms with Crippen LogP contribution in [0.1, 0.15) is 59.9 Å². The molecule has 2 amide bonds. The minimum absolute atomic E-state index is 0.124. The number of hydrogen-bond donors (Lipinski definition) is 1. The average Bonchev–Trinajstić information content (AvgIpc) is 3.63. The van der Waals surface area contributed by atoms with Crippen LogP contribution in [0.25, 0.3) is 6.08 Å². The van der Waals surface area contributed by atoms with Crippen LogP contribution in [0.15, 0.2) is 119 Å². The van der Waals surface area contributed by atoms with Gasteiger partial charge in [-0.25, -0.2) is 4.99 Å². The molecule has 6 nitrogen and oxygen atoms in total. The van der Waals surface area contributed by atoms with Gasteiger partial charge in [0.05, 0.1) is 11.7 Å². The van der Waals surface area contributed by atoms with Gasteiger partial charge >= 0.3 is 0 Å². The van der Waals surface area contributed by atoms with Crippen molar-refractivity contribution in [2.75, 3.05) is 18.9 Å². The van der Waals surface area contributed by atoms with E-state index in [1.165, 1.54) is 11.8 Å². The highest BCUT2D eigenvalue weighted by Crippen LogP contribution is 2.67. The number of amidine groups is 1. The van der Waals surface area contributed by atoms with Crippen LogP contribution in [0.4, 0.5) is 5.69 Å². The van der Waals surface area contributed by atoms with E-state index in [1.54, 1.807) is 0 Å². The number of likely N-dealkylation sites (tertiary alicyclic amines) is 1. The van der Waals surface area contributed by atoms with Crippen LogP contribution in [0.2, 0.25) is 15.1 Å². The molecular weight excluding hydrogens is 719 g/mol. The molecule has 0 saturated carbocycles. The molecule has 4 unspecified atom stereocenters. The van der Waals surface area contributed by atoms with Gasteiger partial charge in [0.15, 0.2) is 10.7 Å². The smallest absolute Gasteiger partial charge is 0.251 e. The van der Waals surface area contributed by atoms with Crippen LogP contribution < -0.4 is 5.32 Å². The molecule has 2 spiro atoms. The summed E-state index contributed by atoms with van der Waals surface area (Å²) in [6, 6.07) is 30.7. The van der Waals surface area contributed by atoms with E-state index < -0.39 is 16.3 Å². The van der Waals surface area contributed by atoms with Crippen molar-refractivity contribution in [1.29, 1.82) is 0 Å². The monoisotopic (exact) mass is 750 g/mol. The van der Waals surface area contributed by atoms with Crippen molar-refractivity contribution in [2.24, 2.45) is 4.99 Å². The minimum Gasteiger partial charge on any atom is -0.324 e. The fourth-order valence-electron chi connectivity index (χ4n) is 8.99. The number of nitrogens with one attached hydrogen (secondary N) is 1. The molecule has 0 radical (unpaired) electrons. The number of carbonyl (C=O) groups excluding carboxylic acids is 2. The summed E-state index contributed by atoms with van der Waals surface area (Å²) in [6.45, 7) is 0.476. The Morgan fingerprint density at radius 3 is 2.16 bits per heavy atom. The minimum atomic E-state index is -1.31. The number of nitrogens with zero attached hydrogens (tertiary/aromatic N) is 3. The first-order valence-corrected chi connectivity index (χ1v) is 19.1. The van der Waals surface area contributed by atoms with Gasteiger partial charge in [-0.15, -0.1) is 0 Å². The van der Waals surface area contributed by atoms with E-state index in [0.29, 0.717) is 26.8 Å². The Bertz CT molecular complexity index is 2200. The summed E-state index contributed by atoms with van der Waals surface area (Å²) < 4.78 is -1.29. The van der Waals surface area contributed by atoms with Crippen LogP contribution in [-0.4, -0.2) is 45.1 Å². The van der Waals surface area contributed by atoms with Gasteiger partial charge in [-0.1, -0.05) is 101 Å². The number of halogens is 3. The van der Waals surface area contributed by atoms with E-state index in [0.717, 1.165) is 70.5 Å². The van der Waals surface area contributed by atoms with Gasteiger partial charge in [0.1, 0.15) is 4.75 Å². The second kappa shape index (κ2) is 12.4. The standard InChI is InChI=1S/C41H33Cl3N4O2S/c1-47-23-33(25-12-18-29(43)19-13-25)41(40(47)32-8-4-5-9-34(32)45-37(40)49)38(50)48-36(26-14-20-30(44)21-15-26)31-7-3-2-6-27(35(31)46-39(48)51-41)22-24-10-16-28(42)17-11-24/h4-5,8-22,33,36H,2-3,6-7,23H2,1H3,(H,45,49)/b27-22+. The van der Waals surface area contributed by atoms with E-state index in [9.17, 15) is 4.79 Å². The lowest BCUT2D eigenvalue weighted by molar-refractivity contribution is -0.139. The third kappa shape index (κ3) is 4.85. The number of likely N-dealkylation sites (N-methyl/N-ethyl adjacent to an activating group) is 1. The molecule has 0 bridgehead atoms. The largest absolute Gasteiger partial charge is 0.324 e. The Kier molecular flexibility index (Phi) is 8.02. The van der Waals surface area contributed by atoms with Crippen molar-refractivity contribution in [3.8, 4) is 0 Å². The summed E-state index contributed by atoms with van der Waals surface area (Å²) in [5, 5.41) is 5.70. The zero-order valence-corrected chi connectivity index (χ0v) is 30.8. The van der Waals surface area contributed by atoms with E-state index in [-0.39, 0.29) is 17.7 Å². The molecule has 0 aromatic heterocycles. The quantitative estimate of drug-likeness (QED) is 0.227. The molecule has 1 N–H and O–H groups in total. The molecule has 10 heteroatoms. The third-order valence-corrected chi connectivity index (χ3v) is 13.5. The van der Waals surface area contributed by atoms with Crippen molar-refractivity contribution in [2.45, 2.75) is 47.9 Å². The topological polar surface area (TPSA) is 65.0 Å². The van der Waals surface area contributed by atoms with E-state index in [1.807, 2.05) is 109 Å². The average molecular weight is 752 g/mol. The van der Waals surface area contributed by atoms with Crippen molar-refractivity contribution in [3.63, 3.8) is 0 Å². The van der Waals surface area contributed by atoms with Crippen molar-refractivity contribution >= 4 is 75.3 Å². The molecule has 9 rings (SSSR count). The zero-order valence-electron chi connectivity index (χ0n) is 27.7. The maximum absolute atomic E-state index is 16.0. The first-order chi connectivity index (χ1) is 24.7. The summed E-state index contributed by atoms with van der Waals surface area (Å²) in [5.41, 5.74) is 6.31. The van der Waals surface area contributed by atoms with Crippen LogP contribution in [-0.2, 0) is 15.1 Å². The highest BCUT2D eigenvalue weighted by molar-refractivity contribution is 8.16. The van der Waals surface area contributed by atoms with Gasteiger partial charge in [0.25, 0.3) is 5.91 Å². The number of anilines is 1. The van der Waals surface area contributed by atoms with Crippen LogP contribution in [0.5, 0.6) is 0 Å². The molecule has 1 aliphatic carbocycles.